The van der Waals surface area contributed by atoms with Gasteiger partial charge in [-0.3, -0.25) is 14.6 Å². The van der Waals surface area contributed by atoms with Gasteiger partial charge in [0.2, 0.25) is 0 Å². The van der Waals surface area contributed by atoms with Gasteiger partial charge in [0.25, 0.3) is 0 Å². The number of hydrogen-bond donors (Lipinski definition) is 0. The zero-order valence-electron chi connectivity index (χ0n) is 16.2. The second-order valence-corrected chi connectivity index (χ2v) is 6.85. The number of aromatic nitrogens is 2. The normalized spacial score (nSPS) is 16.7. The van der Waals surface area contributed by atoms with Gasteiger partial charge in [0.1, 0.15) is 11.9 Å². The van der Waals surface area contributed by atoms with Gasteiger partial charge in [0.05, 0.1) is 6.20 Å². The summed E-state index contributed by atoms with van der Waals surface area (Å²) >= 11 is 0. The Morgan fingerprint density at radius 2 is 2.11 bits per heavy atom. The number of allylic oxidation sites excluding steroid dienone is 3. The molecule has 0 atom stereocenters. The first-order valence-electron chi connectivity index (χ1n) is 9.40. The molecule has 0 radical (unpaired) electrons. The minimum Gasteiger partial charge on any atom is -0.490 e. The quantitative estimate of drug-likeness (QED) is 0.555. The van der Waals surface area contributed by atoms with Gasteiger partial charge in [-0.2, -0.15) is 5.10 Å². The van der Waals surface area contributed by atoms with E-state index in [-0.39, 0.29) is 6.10 Å². The average molecular weight is 364 g/mol. The number of piperidine rings is 1. The molecule has 1 aromatic carbocycles. The Morgan fingerprint density at radius 3 is 2.78 bits per heavy atom. The smallest absolute Gasteiger partial charge is 0.127 e. The third-order valence-electron chi connectivity index (χ3n) is 4.81. The second kappa shape index (κ2) is 9.33. The fourth-order valence-electron chi connectivity index (χ4n) is 3.41. The van der Waals surface area contributed by atoms with Gasteiger partial charge in [0, 0.05) is 57.3 Å². The van der Waals surface area contributed by atoms with Gasteiger partial charge in [-0.05, 0) is 30.6 Å². The van der Waals surface area contributed by atoms with E-state index in [1.807, 2.05) is 48.3 Å². The highest BCUT2D eigenvalue weighted by atomic mass is 16.5. The van der Waals surface area contributed by atoms with E-state index in [0.29, 0.717) is 0 Å². The third kappa shape index (κ3) is 5.17. The molecule has 0 amide bonds. The molecule has 5 nitrogen and oxygen atoms in total. The number of benzene rings is 1. The van der Waals surface area contributed by atoms with Gasteiger partial charge < -0.3 is 4.74 Å². The highest BCUT2D eigenvalue weighted by Crippen LogP contribution is 2.29. The molecule has 1 aliphatic heterocycles. The summed E-state index contributed by atoms with van der Waals surface area (Å²) in [6.07, 6.45) is 11.9. The molecule has 0 N–H and O–H groups in total. The van der Waals surface area contributed by atoms with Crippen LogP contribution in [0.5, 0.6) is 5.75 Å². The van der Waals surface area contributed by atoms with Crippen molar-refractivity contribution in [2.45, 2.75) is 25.5 Å². The van der Waals surface area contributed by atoms with Gasteiger partial charge >= 0.3 is 0 Å². The SMILES string of the molecule is C=C/C(=C\C=N/C)c1ccccc1OC1CCN(Cc2cnn(C)c2)CC1. The van der Waals surface area contributed by atoms with Gasteiger partial charge in [0.15, 0.2) is 0 Å². The van der Waals surface area contributed by atoms with Crippen LogP contribution < -0.4 is 4.74 Å². The maximum atomic E-state index is 6.38. The van der Waals surface area contributed by atoms with E-state index in [1.54, 1.807) is 13.3 Å². The molecule has 1 aliphatic rings. The molecule has 1 fully saturated rings. The van der Waals surface area contributed by atoms with Crippen LogP contribution >= 0.6 is 0 Å². The number of aliphatic imine (C=N–C) groups is 1. The Balaban J connectivity index is 1.61. The Labute approximate surface area is 161 Å². The lowest BCUT2D eigenvalue weighted by molar-refractivity contribution is 0.0966. The standard InChI is InChI=1S/C22H28N4O/c1-4-19(9-12-23-2)21-7-5-6-8-22(21)27-20-10-13-26(14-11-20)17-18-15-24-25(3)16-18/h4-9,12,15-16,20H,1,10-11,13-14,17H2,2-3H3/b19-9+,23-12-. The number of likely N-dealkylation sites (tertiary alicyclic amines) is 1. The van der Waals surface area contributed by atoms with Gasteiger partial charge in [-0.15, -0.1) is 0 Å². The summed E-state index contributed by atoms with van der Waals surface area (Å²) < 4.78 is 8.23. The fraction of sp³-hybridized carbons (Fsp3) is 0.364. The molecule has 5 heteroatoms. The van der Waals surface area contributed by atoms with Crippen molar-refractivity contribution < 1.29 is 4.74 Å². The topological polar surface area (TPSA) is 42.6 Å². The predicted molar refractivity (Wildman–Crippen MR) is 111 cm³/mol. The first-order chi connectivity index (χ1) is 13.2. The van der Waals surface area contributed by atoms with Crippen LogP contribution in [0, 0.1) is 0 Å². The van der Waals surface area contributed by atoms with Crippen LogP contribution in [-0.2, 0) is 13.6 Å². The van der Waals surface area contributed by atoms with E-state index in [4.69, 9.17) is 4.74 Å². The van der Waals surface area contributed by atoms with Crippen molar-refractivity contribution >= 4 is 11.8 Å². The lowest BCUT2D eigenvalue weighted by atomic mass is 10.0. The largest absolute Gasteiger partial charge is 0.490 e. The first-order valence-corrected chi connectivity index (χ1v) is 9.40. The monoisotopic (exact) mass is 364 g/mol. The van der Waals surface area contributed by atoms with Crippen LogP contribution in [0.1, 0.15) is 24.0 Å². The summed E-state index contributed by atoms with van der Waals surface area (Å²) in [4.78, 5) is 6.50. The molecule has 0 unspecified atom stereocenters. The van der Waals surface area contributed by atoms with Crippen LogP contribution in [-0.4, -0.2) is 47.1 Å². The predicted octanol–water partition coefficient (Wildman–Crippen LogP) is 3.73. The van der Waals surface area contributed by atoms with Crippen LogP contribution in [0.15, 0.2) is 60.4 Å². The zero-order chi connectivity index (χ0) is 19.1. The van der Waals surface area contributed by atoms with Crippen LogP contribution in [0.25, 0.3) is 5.57 Å². The summed E-state index contributed by atoms with van der Waals surface area (Å²) in [5, 5.41) is 4.25. The lowest BCUT2D eigenvalue weighted by Crippen LogP contribution is -2.37. The van der Waals surface area contributed by atoms with Crippen molar-refractivity contribution in [3.05, 3.63) is 66.5 Å². The van der Waals surface area contributed by atoms with E-state index in [0.717, 1.165) is 49.4 Å². The Bertz CT molecular complexity index is 813. The minimum atomic E-state index is 0.238. The highest BCUT2D eigenvalue weighted by Gasteiger charge is 2.22. The minimum absolute atomic E-state index is 0.238. The maximum absolute atomic E-state index is 6.38. The third-order valence-corrected chi connectivity index (χ3v) is 4.81. The molecular weight excluding hydrogens is 336 g/mol. The van der Waals surface area contributed by atoms with Crippen molar-refractivity contribution in [3.8, 4) is 5.75 Å². The van der Waals surface area contributed by atoms with Crippen molar-refractivity contribution in [2.75, 3.05) is 20.1 Å². The Morgan fingerprint density at radius 1 is 1.33 bits per heavy atom. The summed E-state index contributed by atoms with van der Waals surface area (Å²) in [5.41, 5.74) is 3.34. The summed E-state index contributed by atoms with van der Waals surface area (Å²) in [6, 6.07) is 8.16. The highest BCUT2D eigenvalue weighted by molar-refractivity contribution is 5.89. The van der Waals surface area contributed by atoms with Crippen LogP contribution in [0.3, 0.4) is 0 Å². The lowest BCUT2D eigenvalue weighted by Gasteiger charge is -2.32. The first kappa shape index (κ1) is 19.1. The molecule has 0 saturated carbocycles. The van der Waals surface area contributed by atoms with Crippen LogP contribution in [0.2, 0.25) is 0 Å². The van der Waals surface area contributed by atoms with Gasteiger partial charge in [-0.1, -0.05) is 30.9 Å². The molecule has 142 valence electrons. The van der Waals surface area contributed by atoms with Crippen molar-refractivity contribution in [2.24, 2.45) is 12.0 Å². The molecule has 1 aromatic heterocycles. The van der Waals surface area contributed by atoms with Crippen molar-refractivity contribution in [3.63, 3.8) is 0 Å². The molecule has 2 heterocycles. The van der Waals surface area contributed by atoms with E-state index >= 15 is 0 Å². The summed E-state index contributed by atoms with van der Waals surface area (Å²) in [5.74, 6) is 0.916. The summed E-state index contributed by atoms with van der Waals surface area (Å²) in [7, 11) is 3.72. The summed E-state index contributed by atoms with van der Waals surface area (Å²) in [6.45, 7) is 6.96. The molecule has 0 bridgehead atoms. The molecule has 0 spiro atoms. The Kier molecular flexibility index (Phi) is 6.60. The van der Waals surface area contributed by atoms with Crippen molar-refractivity contribution in [1.29, 1.82) is 0 Å². The molecule has 27 heavy (non-hydrogen) atoms. The number of hydrogen-bond acceptors (Lipinski definition) is 4. The number of para-hydroxylation sites is 1. The number of nitrogens with zero attached hydrogens (tertiary/aromatic N) is 4. The molecular formula is C22H28N4O. The Hall–Kier alpha value is -2.66. The van der Waals surface area contributed by atoms with E-state index in [1.165, 1.54) is 5.56 Å². The van der Waals surface area contributed by atoms with Crippen molar-refractivity contribution in [1.82, 2.24) is 14.7 Å². The molecule has 3 rings (SSSR count). The van der Waals surface area contributed by atoms with Gasteiger partial charge in [-0.25, -0.2) is 0 Å². The molecule has 2 aromatic rings. The average Bonchev–Trinajstić information content (AvgIpc) is 3.10. The van der Waals surface area contributed by atoms with E-state index in [9.17, 15) is 0 Å². The number of rotatable bonds is 7. The number of aryl methyl sites for hydroxylation is 1. The molecule has 1 saturated heterocycles. The van der Waals surface area contributed by atoms with E-state index < -0.39 is 0 Å². The number of ether oxygens (including phenoxy) is 1. The van der Waals surface area contributed by atoms with E-state index in [2.05, 4.69) is 33.8 Å². The second-order valence-electron chi connectivity index (χ2n) is 6.85. The molecule has 0 aliphatic carbocycles. The van der Waals surface area contributed by atoms with Crippen LogP contribution in [0.4, 0.5) is 0 Å². The fourth-order valence-corrected chi connectivity index (χ4v) is 3.41. The maximum Gasteiger partial charge on any atom is 0.127 e. The zero-order valence-corrected chi connectivity index (χ0v) is 16.2.